The highest BCUT2D eigenvalue weighted by atomic mass is 35.5. The number of carbonyl (C=O) groups excluding carboxylic acids is 1. The van der Waals surface area contributed by atoms with Gasteiger partial charge in [0.2, 0.25) is 0 Å². The highest BCUT2D eigenvalue weighted by Crippen LogP contribution is 2.24. The molecule has 0 aliphatic rings. The summed E-state index contributed by atoms with van der Waals surface area (Å²) in [6.45, 7) is 5.92. The molecule has 0 aliphatic carbocycles. The first kappa shape index (κ1) is 18.3. The SMILES string of the molecule is Cc1cc(C(=O)N(C)Cc2c(F)cccc2Cl)c2cnn(C(C)C)c2n1. The van der Waals surface area contributed by atoms with Crippen molar-refractivity contribution in [3.63, 3.8) is 0 Å². The van der Waals surface area contributed by atoms with Crippen LogP contribution in [0, 0.1) is 12.7 Å². The summed E-state index contributed by atoms with van der Waals surface area (Å²) in [7, 11) is 1.62. The molecule has 0 saturated heterocycles. The summed E-state index contributed by atoms with van der Waals surface area (Å²) in [5.74, 6) is -0.663. The fourth-order valence-electron chi connectivity index (χ4n) is 2.90. The van der Waals surface area contributed by atoms with Crippen molar-refractivity contribution < 1.29 is 9.18 Å². The summed E-state index contributed by atoms with van der Waals surface area (Å²) in [6, 6.07) is 6.34. The number of rotatable bonds is 4. The lowest BCUT2D eigenvalue weighted by Crippen LogP contribution is -2.27. The van der Waals surface area contributed by atoms with E-state index in [0.29, 0.717) is 27.2 Å². The van der Waals surface area contributed by atoms with Crippen LogP contribution in [0.4, 0.5) is 4.39 Å². The maximum atomic E-state index is 14.0. The van der Waals surface area contributed by atoms with Gasteiger partial charge >= 0.3 is 0 Å². The highest BCUT2D eigenvalue weighted by Gasteiger charge is 2.21. The molecule has 1 amide bonds. The van der Waals surface area contributed by atoms with Crippen LogP contribution in [-0.4, -0.2) is 32.6 Å². The summed E-state index contributed by atoms with van der Waals surface area (Å²) in [6.07, 6.45) is 1.65. The van der Waals surface area contributed by atoms with Crippen molar-refractivity contribution in [3.05, 3.63) is 58.1 Å². The van der Waals surface area contributed by atoms with E-state index in [1.807, 2.05) is 20.8 Å². The van der Waals surface area contributed by atoms with Crippen molar-refractivity contribution in [3.8, 4) is 0 Å². The zero-order chi connectivity index (χ0) is 19.0. The highest BCUT2D eigenvalue weighted by molar-refractivity contribution is 6.31. The van der Waals surface area contributed by atoms with Gasteiger partial charge in [0.25, 0.3) is 5.91 Å². The summed E-state index contributed by atoms with van der Waals surface area (Å²) >= 11 is 6.08. The molecule has 3 aromatic rings. The molecule has 0 saturated carbocycles. The minimum atomic E-state index is -0.430. The van der Waals surface area contributed by atoms with Gasteiger partial charge in [-0.05, 0) is 39.0 Å². The monoisotopic (exact) mass is 374 g/mol. The van der Waals surface area contributed by atoms with Crippen LogP contribution >= 0.6 is 11.6 Å². The van der Waals surface area contributed by atoms with Gasteiger partial charge in [0, 0.05) is 35.9 Å². The van der Waals surface area contributed by atoms with Gasteiger partial charge < -0.3 is 4.90 Å². The summed E-state index contributed by atoms with van der Waals surface area (Å²) < 4.78 is 15.8. The van der Waals surface area contributed by atoms with E-state index in [1.54, 1.807) is 36.1 Å². The van der Waals surface area contributed by atoms with E-state index in [2.05, 4.69) is 10.1 Å². The van der Waals surface area contributed by atoms with Gasteiger partial charge in [0.1, 0.15) is 5.82 Å². The Balaban J connectivity index is 1.99. The fraction of sp³-hybridized carbons (Fsp3) is 0.316. The molecule has 0 atom stereocenters. The molecule has 0 aliphatic heterocycles. The van der Waals surface area contributed by atoms with Gasteiger partial charge in [-0.1, -0.05) is 17.7 Å². The number of benzene rings is 1. The Morgan fingerprint density at radius 1 is 1.38 bits per heavy atom. The van der Waals surface area contributed by atoms with Gasteiger partial charge in [-0.3, -0.25) is 4.79 Å². The number of aryl methyl sites for hydroxylation is 1. The molecule has 0 bridgehead atoms. The summed E-state index contributed by atoms with van der Waals surface area (Å²) in [5.41, 5.74) is 2.18. The predicted octanol–water partition coefficient (Wildman–Crippen LogP) is 4.39. The van der Waals surface area contributed by atoms with E-state index in [4.69, 9.17) is 11.6 Å². The van der Waals surface area contributed by atoms with Gasteiger partial charge in [0.15, 0.2) is 5.65 Å². The average molecular weight is 375 g/mol. The van der Waals surface area contributed by atoms with Gasteiger partial charge in [-0.25, -0.2) is 14.1 Å². The van der Waals surface area contributed by atoms with E-state index >= 15 is 0 Å². The molecule has 0 N–H and O–H groups in total. The van der Waals surface area contributed by atoms with E-state index in [0.717, 1.165) is 5.69 Å². The van der Waals surface area contributed by atoms with Gasteiger partial charge in [-0.2, -0.15) is 5.10 Å². The Labute approximate surface area is 156 Å². The normalized spacial score (nSPS) is 11.3. The maximum Gasteiger partial charge on any atom is 0.254 e. The number of fused-ring (bicyclic) bond motifs is 1. The van der Waals surface area contributed by atoms with Gasteiger partial charge in [0.05, 0.1) is 17.1 Å². The van der Waals surface area contributed by atoms with Crippen LogP contribution in [0.15, 0.2) is 30.5 Å². The maximum absolute atomic E-state index is 14.0. The van der Waals surface area contributed by atoms with E-state index in [1.165, 1.54) is 11.0 Å². The second-order valence-electron chi connectivity index (χ2n) is 6.59. The number of amides is 1. The minimum Gasteiger partial charge on any atom is -0.337 e. The molecule has 136 valence electrons. The summed E-state index contributed by atoms with van der Waals surface area (Å²) in [5, 5.41) is 5.33. The average Bonchev–Trinajstić information content (AvgIpc) is 3.00. The largest absolute Gasteiger partial charge is 0.337 e. The fourth-order valence-corrected chi connectivity index (χ4v) is 3.12. The van der Waals surface area contributed by atoms with Crippen molar-refractivity contribution in [1.29, 1.82) is 0 Å². The first-order valence-electron chi connectivity index (χ1n) is 8.32. The Bertz CT molecular complexity index is 963. The van der Waals surface area contributed by atoms with Crippen LogP contribution in [-0.2, 0) is 6.54 Å². The van der Waals surface area contributed by atoms with Gasteiger partial charge in [-0.15, -0.1) is 0 Å². The molecule has 5 nitrogen and oxygen atoms in total. The number of aromatic nitrogens is 3. The second-order valence-corrected chi connectivity index (χ2v) is 7.00. The molecule has 2 heterocycles. The number of carbonyl (C=O) groups is 1. The topological polar surface area (TPSA) is 51.0 Å². The second kappa shape index (κ2) is 7.03. The third kappa shape index (κ3) is 3.29. The van der Waals surface area contributed by atoms with Crippen molar-refractivity contribution in [2.45, 2.75) is 33.4 Å². The Hall–Kier alpha value is -2.47. The smallest absolute Gasteiger partial charge is 0.254 e. The van der Waals surface area contributed by atoms with Crippen molar-refractivity contribution in [1.82, 2.24) is 19.7 Å². The molecule has 1 aromatic carbocycles. The number of hydrogen-bond acceptors (Lipinski definition) is 3. The number of pyridine rings is 1. The zero-order valence-electron chi connectivity index (χ0n) is 15.1. The standard InChI is InChI=1S/C19H20ClFN4O/c1-11(2)25-18-14(9-22-25)13(8-12(3)23-18)19(26)24(4)10-15-16(20)6-5-7-17(15)21/h5-9,11H,10H2,1-4H3. The van der Waals surface area contributed by atoms with Crippen molar-refractivity contribution in [2.75, 3.05) is 7.05 Å². The Morgan fingerprint density at radius 2 is 2.12 bits per heavy atom. The predicted molar refractivity (Wildman–Crippen MR) is 99.9 cm³/mol. The number of halogens is 2. The lowest BCUT2D eigenvalue weighted by atomic mass is 10.1. The quantitative estimate of drug-likeness (QED) is 0.680. The van der Waals surface area contributed by atoms with E-state index < -0.39 is 5.82 Å². The third-order valence-corrected chi connectivity index (χ3v) is 4.57. The first-order valence-corrected chi connectivity index (χ1v) is 8.70. The van der Waals surface area contributed by atoms with Crippen LogP contribution in [0.2, 0.25) is 5.02 Å². The van der Waals surface area contributed by atoms with Crippen LogP contribution in [0.3, 0.4) is 0 Å². The molecule has 2 aromatic heterocycles. The number of nitrogens with zero attached hydrogens (tertiary/aromatic N) is 4. The van der Waals surface area contributed by atoms with Crippen molar-refractivity contribution in [2.24, 2.45) is 0 Å². The minimum absolute atomic E-state index is 0.0749. The van der Waals surface area contributed by atoms with Crippen molar-refractivity contribution >= 4 is 28.5 Å². The number of hydrogen-bond donors (Lipinski definition) is 0. The molecule has 26 heavy (non-hydrogen) atoms. The molecular weight excluding hydrogens is 355 g/mol. The van der Waals surface area contributed by atoms with Crippen LogP contribution in [0.25, 0.3) is 11.0 Å². The Morgan fingerprint density at radius 3 is 2.77 bits per heavy atom. The first-order chi connectivity index (χ1) is 12.3. The zero-order valence-corrected chi connectivity index (χ0v) is 15.9. The van der Waals surface area contributed by atoms with E-state index in [9.17, 15) is 9.18 Å². The molecule has 3 rings (SSSR count). The van der Waals surface area contributed by atoms with Crippen LogP contribution in [0.5, 0.6) is 0 Å². The van der Waals surface area contributed by atoms with E-state index in [-0.39, 0.29) is 18.5 Å². The summed E-state index contributed by atoms with van der Waals surface area (Å²) in [4.78, 5) is 19.0. The molecular formula is C19H20ClFN4O. The molecule has 7 heteroatoms. The molecule has 0 fully saturated rings. The third-order valence-electron chi connectivity index (χ3n) is 4.22. The van der Waals surface area contributed by atoms with Crippen LogP contribution < -0.4 is 0 Å². The lowest BCUT2D eigenvalue weighted by Gasteiger charge is -2.19. The molecule has 0 spiro atoms. The Kier molecular flexibility index (Phi) is 4.96. The molecule has 0 unspecified atom stereocenters. The lowest BCUT2D eigenvalue weighted by molar-refractivity contribution is 0.0785. The molecule has 0 radical (unpaired) electrons. The van der Waals surface area contributed by atoms with Crippen LogP contribution in [0.1, 0.15) is 41.5 Å².